The van der Waals surface area contributed by atoms with Crippen LogP contribution in [0.5, 0.6) is 0 Å². The summed E-state index contributed by atoms with van der Waals surface area (Å²) in [6.45, 7) is 6.96. The number of unbranched alkanes of at least 4 members (excludes halogenated alkanes) is 10. The van der Waals surface area contributed by atoms with Crippen LogP contribution in [-0.2, 0) is 33.4 Å². The van der Waals surface area contributed by atoms with Crippen LogP contribution in [0.15, 0.2) is 0 Å². The first-order valence-electron chi connectivity index (χ1n) is 17.1. The van der Waals surface area contributed by atoms with Gasteiger partial charge in [0, 0.05) is 52.1 Å². The highest BCUT2D eigenvalue weighted by molar-refractivity contribution is 5.88. The molecule has 1 fully saturated rings. The van der Waals surface area contributed by atoms with Crippen LogP contribution in [0.2, 0.25) is 0 Å². The van der Waals surface area contributed by atoms with Gasteiger partial charge < -0.3 is 34.5 Å². The average molecular weight is 612 g/mol. The van der Waals surface area contributed by atoms with Crippen molar-refractivity contribution in [1.82, 2.24) is 15.5 Å². The Morgan fingerprint density at radius 3 is 1.81 bits per heavy atom. The maximum Gasteiger partial charge on any atom is 0.242 e. The van der Waals surface area contributed by atoms with Gasteiger partial charge >= 0.3 is 0 Å². The van der Waals surface area contributed by atoms with Crippen LogP contribution < -0.4 is 10.6 Å². The number of hydrogen-bond donors (Lipinski definition) is 2. The molecule has 43 heavy (non-hydrogen) atoms. The number of hydrogen-bond acceptors (Lipinski definition) is 7. The summed E-state index contributed by atoms with van der Waals surface area (Å²) in [6.07, 6.45) is 18.7. The molecule has 3 amide bonds. The number of carbonyl (C=O) groups excluding carboxylic acids is 4. The molecule has 1 saturated heterocycles. The number of amides is 3. The van der Waals surface area contributed by atoms with Gasteiger partial charge in [-0.25, -0.2) is 0 Å². The van der Waals surface area contributed by atoms with E-state index in [9.17, 15) is 19.2 Å². The van der Waals surface area contributed by atoms with E-state index in [-0.39, 0.29) is 36.6 Å². The van der Waals surface area contributed by atoms with Crippen LogP contribution in [0.4, 0.5) is 0 Å². The standard InChI is InChI=1S/C33H61N3O7/c1-2-3-4-5-6-7-8-9-10-11-12-19-32(39)36-22-13-17-30(36)33(40)35-21-16-25-42-27-29-43-28-26-41-24-15-20-34-31(38)18-14-23-37/h23,30H,2-22,24-29H2,1H3,(H,34,38)(H,35,40). The van der Waals surface area contributed by atoms with E-state index in [2.05, 4.69) is 17.6 Å². The Balaban J connectivity index is 1.93. The molecule has 0 saturated carbocycles. The summed E-state index contributed by atoms with van der Waals surface area (Å²) in [4.78, 5) is 48.8. The topological polar surface area (TPSA) is 123 Å². The summed E-state index contributed by atoms with van der Waals surface area (Å²) in [5, 5.41) is 5.72. The lowest BCUT2D eigenvalue weighted by atomic mass is 10.0. The number of aldehydes is 1. The van der Waals surface area contributed by atoms with E-state index in [1.807, 2.05) is 0 Å². The quantitative estimate of drug-likeness (QED) is 0.0890. The second-order valence-corrected chi connectivity index (χ2v) is 11.4. The van der Waals surface area contributed by atoms with Crippen LogP contribution in [0.25, 0.3) is 0 Å². The second kappa shape index (κ2) is 28.7. The minimum absolute atomic E-state index is 0.0478. The van der Waals surface area contributed by atoms with Gasteiger partial charge in [-0.3, -0.25) is 14.4 Å². The molecule has 0 bridgehead atoms. The fraction of sp³-hybridized carbons (Fsp3) is 0.879. The first kappa shape index (κ1) is 39.0. The fourth-order valence-electron chi connectivity index (χ4n) is 5.15. The van der Waals surface area contributed by atoms with Crippen molar-refractivity contribution >= 4 is 24.0 Å². The van der Waals surface area contributed by atoms with Gasteiger partial charge in [-0.1, -0.05) is 71.1 Å². The van der Waals surface area contributed by atoms with E-state index >= 15 is 0 Å². The fourth-order valence-corrected chi connectivity index (χ4v) is 5.15. The van der Waals surface area contributed by atoms with Crippen molar-refractivity contribution in [2.45, 2.75) is 129 Å². The second-order valence-electron chi connectivity index (χ2n) is 11.4. The molecule has 0 aromatic heterocycles. The highest BCUT2D eigenvalue weighted by Gasteiger charge is 2.33. The summed E-state index contributed by atoms with van der Waals surface area (Å²) in [5.41, 5.74) is 0. The summed E-state index contributed by atoms with van der Waals surface area (Å²) >= 11 is 0. The van der Waals surface area contributed by atoms with Crippen LogP contribution in [-0.4, -0.2) is 94.2 Å². The van der Waals surface area contributed by atoms with E-state index in [1.165, 1.54) is 57.8 Å². The first-order valence-corrected chi connectivity index (χ1v) is 17.1. The SMILES string of the molecule is CCCCCCCCCCCCCC(=O)N1CCCC1C(=O)NCCCOCCOCCOCCCNC(=O)CCC=O. The van der Waals surface area contributed by atoms with Crippen LogP contribution in [0.1, 0.15) is 122 Å². The maximum atomic E-state index is 12.8. The molecule has 1 aliphatic heterocycles. The monoisotopic (exact) mass is 611 g/mol. The maximum absolute atomic E-state index is 12.8. The molecule has 1 atom stereocenters. The Hall–Kier alpha value is -2.04. The normalized spacial score (nSPS) is 14.6. The molecule has 0 aromatic rings. The highest BCUT2D eigenvalue weighted by Crippen LogP contribution is 2.20. The number of nitrogens with one attached hydrogen (secondary N) is 2. The molecule has 0 radical (unpaired) electrons. The number of rotatable bonds is 30. The van der Waals surface area contributed by atoms with E-state index in [4.69, 9.17) is 14.2 Å². The molecule has 1 rings (SSSR count). The minimum atomic E-state index is -0.330. The van der Waals surface area contributed by atoms with Crippen molar-refractivity contribution in [2.24, 2.45) is 0 Å². The molecular formula is C33H61N3O7. The van der Waals surface area contributed by atoms with Gasteiger partial charge in [0.1, 0.15) is 12.3 Å². The van der Waals surface area contributed by atoms with Crippen molar-refractivity contribution in [1.29, 1.82) is 0 Å². The third kappa shape index (κ3) is 22.2. The first-order chi connectivity index (χ1) is 21.1. The Bertz CT molecular complexity index is 723. The van der Waals surface area contributed by atoms with Crippen molar-refractivity contribution < 1.29 is 33.4 Å². The molecular weight excluding hydrogens is 550 g/mol. The van der Waals surface area contributed by atoms with Crippen LogP contribution in [0, 0.1) is 0 Å². The Kier molecular flexibility index (Phi) is 26.0. The Morgan fingerprint density at radius 1 is 0.698 bits per heavy atom. The third-order valence-electron chi connectivity index (χ3n) is 7.66. The highest BCUT2D eigenvalue weighted by atomic mass is 16.5. The van der Waals surface area contributed by atoms with Gasteiger partial charge in [0.25, 0.3) is 0 Å². The van der Waals surface area contributed by atoms with Crippen LogP contribution in [0.3, 0.4) is 0 Å². The predicted octanol–water partition coefficient (Wildman–Crippen LogP) is 4.72. The van der Waals surface area contributed by atoms with Gasteiger partial charge in [-0.05, 0) is 32.1 Å². The molecule has 1 unspecified atom stereocenters. The van der Waals surface area contributed by atoms with Gasteiger partial charge in [-0.2, -0.15) is 0 Å². The molecule has 0 spiro atoms. The summed E-state index contributed by atoms with van der Waals surface area (Å²) in [7, 11) is 0. The van der Waals surface area contributed by atoms with Crippen molar-refractivity contribution in [3.05, 3.63) is 0 Å². The van der Waals surface area contributed by atoms with E-state index in [1.54, 1.807) is 4.90 Å². The zero-order chi connectivity index (χ0) is 31.2. The number of ether oxygens (including phenoxy) is 3. The summed E-state index contributed by atoms with van der Waals surface area (Å²) in [6, 6.07) is -0.330. The van der Waals surface area contributed by atoms with Crippen molar-refractivity contribution in [3.8, 4) is 0 Å². The van der Waals surface area contributed by atoms with Gasteiger partial charge in [0.15, 0.2) is 0 Å². The molecule has 10 nitrogen and oxygen atoms in total. The molecule has 0 aliphatic carbocycles. The lowest BCUT2D eigenvalue weighted by molar-refractivity contribution is -0.138. The summed E-state index contributed by atoms with van der Waals surface area (Å²) < 4.78 is 16.5. The molecule has 1 heterocycles. The summed E-state index contributed by atoms with van der Waals surface area (Å²) in [5.74, 6) is -0.0402. The average Bonchev–Trinajstić information content (AvgIpc) is 3.51. The lowest BCUT2D eigenvalue weighted by Crippen LogP contribution is -2.46. The third-order valence-corrected chi connectivity index (χ3v) is 7.66. The zero-order valence-corrected chi connectivity index (χ0v) is 27.1. The van der Waals surface area contributed by atoms with Gasteiger partial charge in [0.05, 0.1) is 26.4 Å². The van der Waals surface area contributed by atoms with Crippen LogP contribution >= 0.6 is 0 Å². The smallest absolute Gasteiger partial charge is 0.242 e. The molecule has 1 aliphatic rings. The number of likely N-dealkylation sites (tertiary alicyclic amines) is 1. The molecule has 250 valence electrons. The Labute approximate surface area is 260 Å². The molecule has 0 aromatic carbocycles. The largest absolute Gasteiger partial charge is 0.379 e. The van der Waals surface area contributed by atoms with Crippen molar-refractivity contribution in [3.63, 3.8) is 0 Å². The lowest BCUT2D eigenvalue weighted by Gasteiger charge is -2.24. The molecule has 2 N–H and O–H groups in total. The minimum Gasteiger partial charge on any atom is -0.379 e. The molecule has 10 heteroatoms. The number of nitrogens with zero attached hydrogens (tertiary/aromatic N) is 1. The predicted molar refractivity (Wildman–Crippen MR) is 169 cm³/mol. The number of carbonyl (C=O) groups is 4. The van der Waals surface area contributed by atoms with E-state index in [0.717, 1.165) is 32.0 Å². The zero-order valence-electron chi connectivity index (χ0n) is 27.1. The Morgan fingerprint density at radius 2 is 1.23 bits per heavy atom. The van der Waals surface area contributed by atoms with Gasteiger partial charge in [0.2, 0.25) is 17.7 Å². The van der Waals surface area contributed by atoms with Gasteiger partial charge in [-0.15, -0.1) is 0 Å². The van der Waals surface area contributed by atoms with E-state index in [0.29, 0.717) is 78.5 Å². The van der Waals surface area contributed by atoms with E-state index < -0.39 is 0 Å². The van der Waals surface area contributed by atoms with Crippen molar-refractivity contribution in [2.75, 3.05) is 59.3 Å².